The Balaban J connectivity index is 1.46. The Hall–Kier alpha value is -0.610. The minimum atomic E-state index is 0.127. The van der Waals surface area contributed by atoms with Crippen molar-refractivity contribution in [3.63, 3.8) is 0 Å². The largest absolute Gasteiger partial charge is 0.378 e. The van der Waals surface area contributed by atoms with E-state index < -0.39 is 0 Å². The molecule has 4 atom stereocenters. The highest BCUT2D eigenvalue weighted by atomic mass is 16.5. The molecule has 4 unspecified atom stereocenters. The second-order valence-electron chi connectivity index (χ2n) is 5.65. The number of amides is 1. The summed E-state index contributed by atoms with van der Waals surface area (Å²) in [7, 11) is 0. The standard InChI is InChI=1S/C13H22N2O2/c1-2-17-12-7-11(12)13(16)15-10-5-8-3-4-9(6-10)14-8/h8-12,14H,2-7H2,1H3,(H,15,16). The molecule has 1 aliphatic carbocycles. The number of fused-ring (bicyclic) bond motifs is 2. The van der Waals surface area contributed by atoms with Crippen LogP contribution in [0.3, 0.4) is 0 Å². The maximum atomic E-state index is 12.0. The van der Waals surface area contributed by atoms with Crippen LogP contribution in [0.2, 0.25) is 0 Å². The van der Waals surface area contributed by atoms with Crippen LogP contribution in [0.4, 0.5) is 0 Å². The fourth-order valence-electron chi connectivity index (χ4n) is 3.33. The lowest BCUT2D eigenvalue weighted by Crippen LogP contribution is -2.48. The predicted octanol–water partition coefficient (Wildman–Crippen LogP) is 0.811. The highest BCUT2D eigenvalue weighted by Crippen LogP contribution is 2.34. The van der Waals surface area contributed by atoms with Gasteiger partial charge in [-0.1, -0.05) is 0 Å². The minimum Gasteiger partial charge on any atom is -0.378 e. The third-order valence-electron chi connectivity index (χ3n) is 4.27. The lowest BCUT2D eigenvalue weighted by atomic mass is 9.99. The molecule has 17 heavy (non-hydrogen) atoms. The molecule has 2 heterocycles. The zero-order valence-corrected chi connectivity index (χ0v) is 10.4. The van der Waals surface area contributed by atoms with E-state index in [1.165, 1.54) is 12.8 Å². The van der Waals surface area contributed by atoms with Gasteiger partial charge in [0.05, 0.1) is 12.0 Å². The molecule has 0 aromatic heterocycles. The van der Waals surface area contributed by atoms with E-state index in [4.69, 9.17) is 4.74 Å². The molecule has 0 radical (unpaired) electrons. The van der Waals surface area contributed by atoms with Crippen molar-refractivity contribution < 1.29 is 9.53 Å². The van der Waals surface area contributed by atoms with Crippen molar-refractivity contribution in [2.24, 2.45) is 5.92 Å². The van der Waals surface area contributed by atoms with Crippen LogP contribution in [0.5, 0.6) is 0 Å². The van der Waals surface area contributed by atoms with E-state index >= 15 is 0 Å². The number of hydrogen-bond acceptors (Lipinski definition) is 3. The van der Waals surface area contributed by atoms with Crippen molar-refractivity contribution >= 4 is 5.91 Å². The number of carbonyl (C=O) groups excluding carboxylic acids is 1. The molecule has 3 rings (SSSR count). The Labute approximate surface area is 102 Å². The molecule has 3 fully saturated rings. The summed E-state index contributed by atoms with van der Waals surface area (Å²) in [5, 5.41) is 6.80. The maximum Gasteiger partial charge on any atom is 0.226 e. The van der Waals surface area contributed by atoms with Crippen LogP contribution < -0.4 is 10.6 Å². The summed E-state index contributed by atoms with van der Waals surface area (Å²) in [6.07, 6.45) is 5.88. The smallest absolute Gasteiger partial charge is 0.226 e. The summed E-state index contributed by atoms with van der Waals surface area (Å²) in [5.41, 5.74) is 0. The van der Waals surface area contributed by atoms with Gasteiger partial charge in [0.1, 0.15) is 0 Å². The summed E-state index contributed by atoms with van der Waals surface area (Å²) >= 11 is 0. The summed E-state index contributed by atoms with van der Waals surface area (Å²) in [4.78, 5) is 12.0. The van der Waals surface area contributed by atoms with Crippen molar-refractivity contribution in [3.05, 3.63) is 0 Å². The minimum absolute atomic E-state index is 0.127. The number of carbonyl (C=O) groups is 1. The summed E-state index contributed by atoms with van der Waals surface area (Å²) in [5.74, 6) is 0.345. The first-order valence-electron chi connectivity index (χ1n) is 6.94. The van der Waals surface area contributed by atoms with E-state index in [9.17, 15) is 4.79 Å². The van der Waals surface area contributed by atoms with Crippen molar-refractivity contribution in [3.8, 4) is 0 Å². The third kappa shape index (κ3) is 2.47. The molecule has 4 nitrogen and oxygen atoms in total. The quantitative estimate of drug-likeness (QED) is 0.762. The molecule has 0 spiro atoms. The van der Waals surface area contributed by atoms with Gasteiger partial charge in [-0.15, -0.1) is 0 Å². The topological polar surface area (TPSA) is 50.4 Å². The van der Waals surface area contributed by atoms with Crippen LogP contribution >= 0.6 is 0 Å². The fourth-order valence-corrected chi connectivity index (χ4v) is 3.33. The molecule has 1 saturated carbocycles. The van der Waals surface area contributed by atoms with Gasteiger partial charge in [-0.3, -0.25) is 4.79 Å². The Morgan fingerprint density at radius 1 is 1.29 bits per heavy atom. The van der Waals surface area contributed by atoms with Gasteiger partial charge in [-0.05, 0) is 39.0 Å². The molecule has 1 amide bonds. The SMILES string of the molecule is CCOC1CC1C(=O)NC1CC2CCC(C1)N2. The van der Waals surface area contributed by atoms with Gasteiger partial charge in [0.15, 0.2) is 0 Å². The molecule has 96 valence electrons. The Bertz CT molecular complexity index is 296. The molecule has 2 N–H and O–H groups in total. The van der Waals surface area contributed by atoms with E-state index in [-0.39, 0.29) is 17.9 Å². The van der Waals surface area contributed by atoms with Crippen LogP contribution in [0.1, 0.15) is 39.0 Å². The Morgan fingerprint density at radius 2 is 2.00 bits per heavy atom. The van der Waals surface area contributed by atoms with Gasteiger partial charge < -0.3 is 15.4 Å². The molecule has 2 bridgehead atoms. The second kappa shape index (κ2) is 4.58. The van der Waals surface area contributed by atoms with Crippen molar-refractivity contribution in [1.29, 1.82) is 0 Å². The summed E-state index contributed by atoms with van der Waals surface area (Å²) in [6.45, 7) is 2.70. The number of hydrogen-bond donors (Lipinski definition) is 2. The average Bonchev–Trinajstić information content (AvgIpc) is 2.99. The van der Waals surface area contributed by atoms with Crippen molar-refractivity contribution in [2.45, 2.75) is 63.3 Å². The lowest BCUT2D eigenvalue weighted by Gasteiger charge is -2.29. The normalized spacial score (nSPS) is 43.5. The summed E-state index contributed by atoms with van der Waals surface area (Å²) < 4.78 is 5.46. The molecule has 3 aliphatic rings. The van der Waals surface area contributed by atoms with Crippen LogP contribution in [-0.4, -0.2) is 36.7 Å². The van der Waals surface area contributed by atoms with Crippen molar-refractivity contribution in [1.82, 2.24) is 10.6 Å². The van der Waals surface area contributed by atoms with Crippen LogP contribution in [0.25, 0.3) is 0 Å². The first kappa shape index (κ1) is 11.5. The van der Waals surface area contributed by atoms with E-state index in [0.29, 0.717) is 24.7 Å². The number of nitrogens with one attached hydrogen (secondary N) is 2. The number of ether oxygens (including phenoxy) is 1. The average molecular weight is 238 g/mol. The molecular formula is C13H22N2O2. The monoisotopic (exact) mass is 238 g/mol. The van der Waals surface area contributed by atoms with E-state index in [0.717, 1.165) is 19.3 Å². The van der Waals surface area contributed by atoms with Gasteiger partial charge >= 0.3 is 0 Å². The van der Waals surface area contributed by atoms with Crippen LogP contribution in [0, 0.1) is 5.92 Å². The van der Waals surface area contributed by atoms with E-state index in [2.05, 4.69) is 10.6 Å². The van der Waals surface area contributed by atoms with E-state index in [1.54, 1.807) is 0 Å². The number of rotatable bonds is 4. The Morgan fingerprint density at radius 3 is 2.65 bits per heavy atom. The lowest BCUT2D eigenvalue weighted by molar-refractivity contribution is -0.124. The second-order valence-corrected chi connectivity index (χ2v) is 5.65. The van der Waals surface area contributed by atoms with Gasteiger partial charge in [0, 0.05) is 24.7 Å². The number of piperidine rings is 1. The third-order valence-corrected chi connectivity index (χ3v) is 4.27. The molecule has 4 heteroatoms. The molecule has 2 aliphatic heterocycles. The van der Waals surface area contributed by atoms with Gasteiger partial charge in [-0.25, -0.2) is 0 Å². The van der Waals surface area contributed by atoms with Gasteiger partial charge in [-0.2, -0.15) is 0 Å². The first-order valence-corrected chi connectivity index (χ1v) is 6.94. The molecular weight excluding hydrogens is 216 g/mol. The molecule has 0 aromatic rings. The van der Waals surface area contributed by atoms with Crippen LogP contribution in [0.15, 0.2) is 0 Å². The van der Waals surface area contributed by atoms with Gasteiger partial charge in [0.2, 0.25) is 5.91 Å². The first-order chi connectivity index (χ1) is 8.26. The molecule has 0 aromatic carbocycles. The zero-order valence-electron chi connectivity index (χ0n) is 10.4. The highest BCUT2D eigenvalue weighted by molar-refractivity contribution is 5.82. The van der Waals surface area contributed by atoms with Crippen molar-refractivity contribution in [2.75, 3.05) is 6.61 Å². The zero-order chi connectivity index (χ0) is 11.8. The predicted molar refractivity (Wildman–Crippen MR) is 64.6 cm³/mol. The molecule has 2 saturated heterocycles. The van der Waals surface area contributed by atoms with Gasteiger partial charge in [0.25, 0.3) is 0 Å². The fraction of sp³-hybridized carbons (Fsp3) is 0.923. The van der Waals surface area contributed by atoms with Crippen LogP contribution in [-0.2, 0) is 9.53 Å². The maximum absolute atomic E-state index is 12.0. The highest BCUT2D eigenvalue weighted by Gasteiger charge is 2.45. The van der Waals surface area contributed by atoms with E-state index in [1.807, 2.05) is 6.92 Å². The summed E-state index contributed by atoms with van der Waals surface area (Å²) in [6, 6.07) is 1.67. The Kier molecular flexibility index (Phi) is 3.09.